The van der Waals surface area contributed by atoms with Gasteiger partial charge in [0.05, 0.1) is 6.10 Å². The summed E-state index contributed by atoms with van der Waals surface area (Å²) >= 11 is 0. The molecule has 6 heteroatoms. The molecule has 21 heavy (non-hydrogen) atoms. The zero-order valence-corrected chi connectivity index (χ0v) is 12.9. The summed E-state index contributed by atoms with van der Waals surface area (Å²) in [6, 6.07) is 5.85. The Hall–Kier alpha value is -1.95. The third-order valence-corrected chi connectivity index (χ3v) is 3.28. The Bertz CT molecular complexity index is 579. The zero-order chi connectivity index (χ0) is 15.2. The molecule has 0 saturated carbocycles. The summed E-state index contributed by atoms with van der Waals surface area (Å²) < 4.78 is 7.36. The van der Waals surface area contributed by atoms with E-state index in [4.69, 9.17) is 10.5 Å². The molecule has 0 spiro atoms. The van der Waals surface area contributed by atoms with Crippen LogP contribution in [0, 0.1) is 6.92 Å². The summed E-state index contributed by atoms with van der Waals surface area (Å²) in [4.78, 5) is 0. The quantitative estimate of drug-likeness (QED) is 0.625. The summed E-state index contributed by atoms with van der Waals surface area (Å²) in [7, 11) is 0. The molecular weight excluding hydrogens is 266 g/mol. The molecule has 0 bridgehead atoms. The fraction of sp³-hybridized carbons (Fsp3) is 0.533. The largest absolute Gasteiger partial charge is 0.399 e. The van der Waals surface area contributed by atoms with Crippen LogP contribution in [0.5, 0.6) is 0 Å². The number of aromatic nitrogens is 4. The Morgan fingerprint density at radius 1 is 1.29 bits per heavy atom. The van der Waals surface area contributed by atoms with Gasteiger partial charge in [0.1, 0.15) is 0 Å². The van der Waals surface area contributed by atoms with Gasteiger partial charge < -0.3 is 10.5 Å². The molecule has 0 aliphatic carbocycles. The van der Waals surface area contributed by atoms with Crippen LogP contribution >= 0.6 is 0 Å². The van der Waals surface area contributed by atoms with Crippen LogP contribution in [0.3, 0.4) is 0 Å². The van der Waals surface area contributed by atoms with Gasteiger partial charge in [-0.2, -0.15) is 0 Å². The standard InChI is InChI=1S/C15H23N5O/c1-11(2)21-9-5-4-8-20-15(17-18-19-20)13-6-7-14(16)12(3)10-13/h6-7,10-11H,4-5,8-9,16H2,1-3H3. The average Bonchev–Trinajstić information content (AvgIpc) is 2.89. The molecule has 1 heterocycles. The molecule has 0 atom stereocenters. The summed E-state index contributed by atoms with van der Waals surface area (Å²) in [5.74, 6) is 0.780. The first kappa shape index (κ1) is 15.4. The SMILES string of the molecule is Cc1cc(-c2nnnn2CCCCOC(C)C)ccc1N. The highest BCUT2D eigenvalue weighted by Crippen LogP contribution is 2.21. The Kier molecular flexibility index (Phi) is 5.27. The van der Waals surface area contributed by atoms with E-state index in [-0.39, 0.29) is 6.10 Å². The molecule has 0 amide bonds. The van der Waals surface area contributed by atoms with Gasteiger partial charge in [-0.25, -0.2) is 4.68 Å². The Labute approximate surface area is 125 Å². The predicted octanol–water partition coefficient (Wildman–Crippen LogP) is 2.44. The van der Waals surface area contributed by atoms with Crippen LogP contribution < -0.4 is 5.73 Å². The van der Waals surface area contributed by atoms with Crippen molar-refractivity contribution >= 4 is 5.69 Å². The van der Waals surface area contributed by atoms with Crippen molar-refractivity contribution < 1.29 is 4.74 Å². The van der Waals surface area contributed by atoms with Crippen LogP contribution in [0.4, 0.5) is 5.69 Å². The molecule has 1 aromatic heterocycles. The normalized spacial score (nSPS) is 11.2. The second-order valence-corrected chi connectivity index (χ2v) is 5.42. The fourth-order valence-electron chi connectivity index (χ4n) is 2.06. The van der Waals surface area contributed by atoms with E-state index < -0.39 is 0 Å². The highest BCUT2D eigenvalue weighted by molar-refractivity contribution is 5.61. The number of rotatable bonds is 7. The first-order valence-electron chi connectivity index (χ1n) is 7.32. The number of nitrogen functional groups attached to an aromatic ring is 1. The first-order chi connectivity index (χ1) is 10.1. The Morgan fingerprint density at radius 2 is 2.10 bits per heavy atom. The smallest absolute Gasteiger partial charge is 0.182 e. The van der Waals surface area contributed by atoms with E-state index in [2.05, 4.69) is 15.5 Å². The van der Waals surface area contributed by atoms with Gasteiger partial charge in [-0.05, 0) is 67.8 Å². The van der Waals surface area contributed by atoms with E-state index in [1.807, 2.05) is 43.7 Å². The summed E-state index contributed by atoms with van der Waals surface area (Å²) in [5, 5.41) is 12.0. The minimum atomic E-state index is 0.284. The van der Waals surface area contributed by atoms with E-state index in [1.165, 1.54) is 0 Å². The fourth-order valence-corrected chi connectivity index (χ4v) is 2.06. The number of anilines is 1. The molecule has 0 saturated heterocycles. The third-order valence-electron chi connectivity index (χ3n) is 3.28. The number of nitrogens with zero attached hydrogens (tertiary/aromatic N) is 4. The number of nitrogens with two attached hydrogens (primary N) is 1. The number of aryl methyl sites for hydroxylation is 2. The molecule has 0 radical (unpaired) electrons. The van der Waals surface area contributed by atoms with Gasteiger partial charge in [-0.15, -0.1) is 5.10 Å². The maximum Gasteiger partial charge on any atom is 0.182 e. The zero-order valence-electron chi connectivity index (χ0n) is 12.9. The molecule has 0 fully saturated rings. The predicted molar refractivity (Wildman–Crippen MR) is 82.7 cm³/mol. The lowest BCUT2D eigenvalue weighted by Crippen LogP contribution is -2.07. The number of hydrogen-bond acceptors (Lipinski definition) is 5. The monoisotopic (exact) mass is 289 g/mol. The van der Waals surface area contributed by atoms with E-state index in [0.717, 1.165) is 48.6 Å². The van der Waals surface area contributed by atoms with Crippen LogP contribution in [0.2, 0.25) is 0 Å². The van der Waals surface area contributed by atoms with Crippen molar-refractivity contribution in [3.05, 3.63) is 23.8 Å². The highest BCUT2D eigenvalue weighted by Gasteiger charge is 2.09. The van der Waals surface area contributed by atoms with Crippen LogP contribution in [0.1, 0.15) is 32.3 Å². The molecule has 2 aromatic rings. The van der Waals surface area contributed by atoms with Crippen molar-refractivity contribution in [2.45, 2.75) is 46.3 Å². The van der Waals surface area contributed by atoms with E-state index in [9.17, 15) is 0 Å². The van der Waals surface area contributed by atoms with Gasteiger partial charge >= 0.3 is 0 Å². The first-order valence-corrected chi connectivity index (χ1v) is 7.32. The highest BCUT2D eigenvalue weighted by atomic mass is 16.5. The van der Waals surface area contributed by atoms with Gasteiger partial charge in [0.15, 0.2) is 5.82 Å². The summed E-state index contributed by atoms with van der Waals surface area (Å²) in [6.45, 7) is 7.63. The third kappa shape index (κ3) is 4.26. The molecule has 2 rings (SSSR count). The average molecular weight is 289 g/mol. The molecule has 0 unspecified atom stereocenters. The van der Waals surface area contributed by atoms with Crippen LogP contribution in [0.25, 0.3) is 11.4 Å². The summed E-state index contributed by atoms with van der Waals surface area (Å²) in [5.41, 5.74) is 8.65. The van der Waals surface area contributed by atoms with Gasteiger partial charge in [-0.1, -0.05) is 0 Å². The molecule has 114 valence electrons. The van der Waals surface area contributed by atoms with Crippen molar-refractivity contribution in [1.29, 1.82) is 0 Å². The van der Waals surface area contributed by atoms with E-state index >= 15 is 0 Å². The maximum absolute atomic E-state index is 5.85. The number of hydrogen-bond donors (Lipinski definition) is 1. The minimum Gasteiger partial charge on any atom is -0.399 e. The Morgan fingerprint density at radius 3 is 2.81 bits per heavy atom. The van der Waals surface area contributed by atoms with Crippen molar-refractivity contribution in [1.82, 2.24) is 20.2 Å². The van der Waals surface area contributed by atoms with Crippen LogP contribution in [-0.4, -0.2) is 32.9 Å². The topological polar surface area (TPSA) is 78.8 Å². The lowest BCUT2D eigenvalue weighted by atomic mass is 10.1. The lowest BCUT2D eigenvalue weighted by Gasteiger charge is -2.08. The van der Waals surface area contributed by atoms with Crippen molar-refractivity contribution in [3.63, 3.8) is 0 Å². The Balaban J connectivity index is 1.96. The molecule has 0 aliphatic rings. The number of benzene rings is 1. The summed E-state index contributed by atoms with van der Waals surface area (Å²) in [6.07, 6.45) is 2.27. The second-order valence-electron chi connectivity index (χ2n) is 5.42. The van der Waals surface area contributed by atoms with Crippen LogP contribution in [0.15, 0.2) is 18.2 Å². The maximum atomic E-state index is 5.85. The van der Waals surface area contributed by atoms with Gasteiger partial charge in [0, 0.05) is 24.4 Å². The number of tetrazole rings is 1. The second kappa shape index (κ2) is 7.17. The van der Waals surface area contributed by atoms with Gasteiger partial charge in [-0.3, -0.25) is 0 Å². The molecule has 6 nitrogen and oxygen atoms in total. The molecule has 2 N–H and O–H groups in total. The van der Waals surface area contributed by atoms with Crippen molar-refractivity contribution in [3.8, 4) is 11.4 Å². The van der Waals surface area contributed by atoms with Crippen molar-refractivity contribution in [2.24, 2.45) is 0 Å². The van der Waals surface area contributed by atoms with E-state index in [1.54, 1.807) is 0 Å². The van der Waals surface area contributed by atoms with Gasteiger partial charge in [0.25, 0.3) is 0 Å². The number of unbranched alkanes of at least 4 members (excludes halogenated alkanes) is 1. The minimum absolute atomic E-state index is 0.284. The van der Waals surface area contributed by atoms with E-state index in [0.29, 0.717) is 0 Å². The van der Waals surface area contributed by atoms with Crippen molar-refractivity contribution in [2.75, 3.05) is 12.3 Å². The molecule has 1 aromatic carbocycles. The lowest BCUT2D eigenvalue weighted by molar-refractivity contribution is 0.0753. The van der Waals surface area contributed by atoms with Crippen LogP contribution in [-0.2, 0) is 11.3 Å². The molecule has 0 aliphatic heterocycles. The number of ether oxygens (including phenoxy) is 1. The molecular formula is C15H23N5O. The van der Waals surface area contributed by atoms with Gasteiger partial charge in [0.2, 0.25) is 0 Å².